The average molecular weight is 348 g/mol. The molecule has 0 atom stereocenters. The average Bonchev–Trinajstić information content (AvgIpc) is 2.46. The van der Waals surface area contributed by atoms with Gasteiger partial charge >= 0.3 is 0 Å². The highest BCUT2D eigenvalue weighted by Gasteiger charge is 2.40. The predicted octanol–water partition coefficient (Wildman–Crippen LogP) is 1.69. The fourth-order valence-electron chi connectivity index (χ4n) is 2.97. The Morgan fingerprint density at radius 1 is 1.32 bits per heavy atom. The molecule has 7 heteroatoms. The van der Waals surface area contributed by atoms with Gasteiger partial charge in [0.05, 0.1) is 19.7 Å². The van der Waals surface area contributed by atoms with E-state index in [0.717, 1.165) is 50.5 Å². The number of methoxy groups -OCH3 is 1. The minimum absolute atomic E-state index is 0. The van der Waals surface area contributed by atoms with Crippen molar-refractivity contribution in [2.75, 3.05) is 33.3 Å². The van der Waals surface area contributed by atoms with Crippen molar-refractivity contribution in [2.45, 2.75) is 19.3 Å². The molecule has 1 spiro atoms. The van der Waals surface area contributed by atoms with E-state index in [0.29, 0.717) is 11.8 Å². The lowest BCUT2D eigenvalue weighted by Gasteiger charge is -2.48. The van der Waals surface area contributed by atoms with Crippen LogP contribution in [0.25, 0.3) is 0 Å². The number of nitrogens with one attached hydrogen (secondary N) is 1. The number of piperidine rings is 1. The van der Waals surface area contributed by atoms with Crippen molar-refractivity contribution in [3.8, 4) is 5.75 Å². The molecule has 2 saturated heterocycles. The molecule has 2 aliphatic rings. The van der Waals surface area contributed by atoms with Crippen molar-refractivity contribution >= 4 is 30.7 Å². The van der Waals surface area contributed by atoms with Gasteiger partial charge in [-0.1, -0.05) is 0 Å². The van der Waals surface area contributed by atoms with Crippen LogP contribution in [-0.2, 0) is 11.2 Å². The van der Waals surface area contributed by atoms with Gasteiger partial charge < -0.3 is 15.0 Å². The minimum Gasteiger partial charge on any atom is -0.495 e. The summed E-state index contributed by atoms with van der Waals surface area (Å²) in [6.07, 6.45) is 4.30. The molecular weight excluding hydrogens is 325 g/mol. The molecule has 22 heavy (non-hydrogen) atoms. The van der Waals surface area contributed by atoms with Gasteiger partial charge in [-0.05, 0) is 30.4 Å². The Bertz CT molecular complexity index is 482. The first-order valence-electron chi connectivity index (χ1n) is 7.18. The first kappa shape index (κ1) is 19.0. The predicted molar refractivity (Wildman–Crippen MR) is 90.1 cm³/mol. The van der Waals surface area contributed by atoms with E-state index in [1.54, 1.807) is 13.3 Å². The van der Waals surface area contributed by atoms with Gasteiger partial charge in [0.1, 0.15) is 5.75 Å². The zero-order valence-corrected chi connectivity index (χ0v) is 14.3. The maximum Gasteiger partial charge on any atom is 0.228 e. The summed E-state index contributed by atoms with van der Waals surface area (Å²) in [5, 5.41) is 3.34. The van der Waals surface area contributed by atoms with E-state index >= 15 is 0 Å². The third-order valence-corrected chi connectivity index (χ3v) is 4.54. The maximum absolute atomic E-state index is 12.3. The number of hydrogen-bond donors (Lipinski definition) is 1. The number of rotatable bonds is 3. The van der Waals surface area contributed by atoms with Crippen molar-refractivity contribution in [3.05, 3.63) is 24.0 Å². The number of pyridine rings is 1. The van der Waals surface area contributed by atoms with Crippen LogP contribution >= 0.6 is 24.8 Å². The highest BCUT2D eigenvalue weighted by atomic mass is 35.5. The number of nitrogens with zero attached hydrogens (tertiary/aromatic N) is 2. The topological polar surface area (TPSA) is 54.5 Å². The number of halogens is 2. The molecule has 1 amide bonds. The fourth-order valence-corrected chi connectivity index (χ4v) is 2.97. The number of amides is 1. The van der Waals surface area contributed by atoms with E-state index in [1.165, 1.54) is 0 Å². The Morgan fingerprint density at radius 3 is 2.45 bits per heavy atom. The molecule has 1 aromatic rings. The first-order chi connectivity index (χ1) is 9.71. The first-order valence-corrected chi connectivity index (χ1v) is 7.18. The van der Waals surface area contributed by atoms with Crippen LogP contribution in [0, 0.1) is 5.41 Å². The van der Waals surface area contributed by atoms with Crippen LogP contribution in [0.5, 0.6) is 5.75 Å². The molecule has 0 radical (unpaired) electrons. The van der Waals surface area contributed by atoms with Gasteiger partial charge in [0, 0.05) is 31.9 Å². The summed E-state index contributed by atoms with van der Waals surface area (Å²) >= 11 is 0. The summed E-state index contributed by atoms with van der Waals surface area (Å²) in [5.74, 6) is 0.906. The Labute approximate surface area is 143 Å². The summed E-state index contributed by atoms with van der Waals surface area (Å²) < 4.78 is 5.07. The molecular formula is C15H23Cl2N3O2. The molecule has 0 bridgehead atoms. The molecule has 0 unspecified atom stereocenters. The summed E-state index contributed by atoms with van der Waals surface area (Å²) in [6.45, 7) is 4.01. The van der Waals surface area contributed by atoms with Gasteiger partial charge in [-0.15, -0.1) is 24.8 Å². The van der Waals surface area contributed by atoms with Gasteiger partial charge in [0.25, 0.3) is 0 Å². The largest absolute Gasteiger partial charge is 0.495 e. The van der Waals surface area contributed by atoms with Crippen LogP contribution in [-0.4, -0.2) is 49.1 Å². The van der Waals surface area contributed by atoms with Gasteiger partial charge in [0.15, 0.2) is 0 Å². The highest BCUT2D eigenvalue weighted by molar-refractivity contribution is 5.85. The smallest absolute Gasteiger partial charge is 0.228 e. The SMILES string of the molecule is COc1ccc(CC(=O)N2CCC3(CC2)CNC3)nc1.Cl.Cl. The van der Waals surface area contributed by atoms with Gasteiger partial charge in [-0.3, -0.25) is 9.78 Å². The standard InChI is InChI=1S/C15H21N3O2.2ClH/c1-20-13-3-2-12(17-9-13)8-14(19)18-6-4-15(5-7-18)10-16-11-15;;/h2-3,9,16H,4-8,10-11H2,1H3;2*1H. The molecule has 0 saturated carbocycles. The number of aromatic nitrogens is 1. The minimum atomic E-state index is 0. The molecule has 0 aliphatic carbocycles. The van der Waals surface area contributed by atoms with Crippen molar-refractivity contribution in [2.24, 2.45) is 5.41 Å². The third kappa shape index (κ3) is 4.03. The van der Waals surface area contributed by atoms with Gasteiger partial charge in [0.2, 0.25) is 5.91 Å². The van der Waals surface area contributed by atoms with E-state index in [9.17, 15) is 4.79 Å². The quantitative estimate of drug-likeness (QED) is 0.903. The highest BCUT2D eigenvalue weighted by Crippen LogP contribution is 2.34. The molecule has 1 aromatic heterocycles. The van der Waals surface area contributed by atoms with Crippen molar-refractivity contribution in [3.63, 3.8) is 0 Å². The number of hydrogen-bond acceptors (Lipinski definition) is 4. The van der Waals surface area contributed by atoms with Crippen LogP contribution in [0.2, 0.25) is 0 Å². The number of carbonyl (C=O) groups excluding carboxylic acids is 1. The normalized spacial score (nSPS) is 18.7. The number of carbonyl (C=O) groups is 1. The van der Waals surface area contributed by atoms with E-state index in [1.807, 2.05) is 17.0 Å². The number of likely N-dealkylation sites (tertiary alicyclic amines) is 1. The molecule has 124 valence electrons. The summed E-state index contributed by atoms with van der Waals surface area (Å²) in [7, 11) is 1.61. The Morgan fingerprint density at radius 2 is 2.00 bits per heavy atom. The van der Waals surface area contributed by atoms with E-state index in [4.69, 9.17) is 4.74 Å². The third-order valence-electron chi connectivity index (χ3n) is 4.54. The molecule has 1 N–H and O–H groups in total. The summed E-state index contributed by atoms with van der Waals surface area (Å²) in [4.78, 5) is 18.5. The van der Waals surface area contributed by atoms with Crippen LogP contribution in [0.4, 0.5) is 0 Å². The Balaban J connectivity index is 0.00000121. The van der Waals surface area contributed by atoms with Gasteiger partial charge in [-0.25, -0.2) is 0 Å². The Kier molecular flexibility index (Phi) is 6.91. The van der Waals surface area contributed by atoms with Crippen LogP contribution < -0.4 is 10.1 Å². The lowest BCUT2D eigenvalue weighted by atomic mass is 9.73. The number of ether oxygens (including phenoxy) is 1. The maximum atomic E-state index is 12.3. The molecule has 2 aliphatic heterocycles. The second-order valence-corrected chi connectivity index (χ2v) is 5.85. The van der Waals surface area contributed by atoms with Crippen LogP contribution in [0.3, 0.4) is 0 Å². The monoisotopic (exact) mass is 347 g/mol. The lowest BCUT2D eigenvalue weighted by Crippen LogP contribution is -2.58. The molecule has 3 heterocycles. The van der Waals surface area contributed by atoms with E-state index < -0.39 is 0 Å². The fraction of sp³-hybridized carbons (Fsp3) is 0.600. The molecule has 2 fully saturated rings. The molecule has 0 aromatic carbocycles. The van der Waals surface area contributed by atoms with Crippen molar-refractivity contribution in [1.82, 2.24) is 15.2 Å². The molecule has 3 rings (SSSR count). The van der Waals surface area contributed by atoms with Crippen LogP contribution in [0.15, 0.2) is 18.3 Å². The molecule has 5 nitrogen and oxygen atoms in total. The zero-order valence-electron chi connectivity index (χ0n) is 12.7. The second-order valence-electron chi connectivity index (χ2n) is 5.85. The summed E-state index contributed by atoms with van der Waals surface area (Å²) in [6, 6.07) is 3.71. The second kappa shape index (κ2) is 7.99. The van der Waals surface area contributed by atoms with Crippen molar-refractivity contribution in [1.29, 1.82) is 0 Å². The van der Waals surface area contributed by atoms with E-state index in [-0.39, 0.29) is 30.7 Å². The van der Waals surface area contributed by atoms with Gasteiger partial charge in [-0.2, -0.15) is 0 Å². The Hall–Kier alpha value is -1.04. The zero-order chi connectivity index (χ0) is 14.0. The lowest BCUT2D eigenvalue weighted by molar-refractivity contribution is -0.133. The summed E-state index contributed by atoms with van der Waals surface area (Å²) in [5.41, 5.74) is 1.29. The van der Waals surface area contributed by atoms with Crippen LogP contribution in [0.1, 0.15) is 18.5 Å². The van der Waals surface area contributed by atoms with E-state index in [2.05, 4.69) is 10.3 Å². The van der Waals surface area contributed by atoms with Crippen molar-refractivity contribution < 1.29 is 9.53 Å².